The summed E-state index contributed by atoms with van der Waals surface area (Å²) in [6.07, 6.45) is 0.422. The minimum atomic E-state index is -3.62. The Bertz CT molecular complexity index is 1160. The summed E-state index contributed by atoms with van der Waals surface area (Å²) in [5.74, 6) is -0.903. The molecule has 1 N–H and O–H groups in total. The number of hydrogen-bond acceptors (Lipinski definition) is 5. The fourth-order valence-electron chi connectivity index (χ4n) is 3.82. The molecule has 2 aromatic heterocycles. The maximum absolute atomic E-state index is 13.2. The number of morpholine rings is 1. The van der Waals surface area contributed by atoms with Gasteiger partial charge in [-0.25, -0.2) is 8.42 Å². The van der Waals surface area contributed by atoms with Crippen LogP contribution in [-0.2, 0) is 32.5 Å². The van der Waals surface area contributed by atoms with Crippen LogP contribution >= 0.6 is 11.3 Å². The van der Waals surface area contributed by atoms with E-state index in [1.807, 2.05) is 30.5 Å². The summed E-state index contributed by atoms with van der Waals surface area (Å²) in [5, 5.41) is 12.2. The monoisotopic (exact) mass is 434 g/mol. The number of carboxylic acid groups (broad SMARTS) is 1. The Hall–Kier alpha value is -2.20. The highest BCUT2D eigenvalue weighted by atomic mass is 32.2. The van der Waals surface area contributed by atoms with E-state index in [1.54, 1.807) is 16.7 Å². The van der Waals surface area contributed by atoms with Crippen LogP contribution in [0.1, 0.15) is 16.8 Å². The average Bonchev–Trinajstić information content (AvgIpc) is 3.27. The second-order valence-corrected chi connectivity index (χ2v) is 9.79. The first-order valence-corrected chi connectivity index (χ1v) is 11.6. The van der Waals surface area contributed by atoms with E-state index in [1.165, 1.54) is 15.6 Å². The van der Waals surface area contributed by atoms with Crippen molar-refractivity contribution in [1.82, 2.24) is 8.87 Å². The normalized spacial score (nSPS) is 15.8. The first-order chi connectivity index (χ1) is 13.9. The van der Waals surface area contributed by atoms with Gasteiger partial charge in [-0.15, -0.1) is 11.3 Å². The number of rotatable bonds is 6. The minimum Gasteiger partial charge on any atom is -0.480 e. The van der Waals surface area contributed by atoms with Gasteiger partial charge in [0.1, 0.15) is 11.4 Å². The molecule has 0 saturated carbocycles. The Balaban J connectivity index is 1.76. The second-order valence-electron chi connectivity index (χ2n) is 6.98. The summed E-state index contributed by atoms with van der Waals surface area (Å²) < 4.78 is 35.0. The number of carbonyl (C=O) groups is 1. The van der Waals surface area contributed by atoms with Crippen molar-refractivity contribution in [3.63, 3.8) is 0 Å². The average molecular weight is 435 g/mol. The van der Waals surface area contributed by atoms with E-state index in [-0.39, 0.29) is 6.54 Å². The molecule has 1 aromatic carbocycles. The topological polar surface area (TPSA) is 88.8 Å². The van der Waals surface area contributed by atoms with Gasteiger partial charge in [-0.05, 0) is 35.6 Å². The fraction of sp³-hybridized carbons (Fsp3) is 0.350. The van der Waals surface area contributed by atoms with Crippen LogP contribution in [-0.4, -0.2) is 54.7 Å². The van der Waals surface area contributed by atoms with Crippen molar-refractivity contribution in [2.45, 2.75) is 24.8 Å². The zero-order chi connectivity index (χ0) is 20.6. The number of sulfonamides is 1. The predicted octanol–water partition coefficient (Wildman–Crippen LogP) is 2.71. The maximum Gasteiger partial charge on any atom is 0.323 e. The van der Waals surface area contributed by atoms with E-state index in [9.17, 15) is 18.3 Å². The Labute approximate surface area is 173 Å². The van der Waals surface area contributed by atoms with Crippen molar-refractivity contribution in [3.05, 3.63) is 52.5 Å². The third kappa shape index (κ3) is 3.71. The van der Waals surface area contributed by atoms with Crippen LogP contribution in [0.3, 0.4) is 0 Å². The molecule has 0 bridgehead atoms. The van der Waals surface area contributed by atoms with Crippen LogP contribution in [0, 0.1) is 6.92 Å². The van der Waals surface area contributed by atoms with Crippen LogP contribution in [0.4, 0.5) is 0 Å². The standard InChI is InChI=1S/C20H22N2O5S2/c1-14-17(16-6-11-28-20(16)22(14)13-19(23)24)12-15-4-2-3-5-18(15)29(25,26)21-7-9-27-10-8-21/h2-6,11H,7-10,12-13H2,1H3,(H,23,24). The summed E-state index contributed by atoms with van der Waals surface area (Å²) in [7, 11) is -3.62. The Morgan fingerprint density at radius 2 is 1.93 bits per heavy atom. The maximum atomic E-state index is 13.2. The van der Waals surface area contributed by atoms with Gasteiger partial charge in [0.2, 0.25) is 10.0 Å². The van der Waals surface area contributed by atoms with Crippen molar-refractivity contribution >= 4 is 37.5 Å². The van der Waals surface area contributed by atoms with Gasteiger partial charge in [0.15, 0.2) is 0 Å². The summed E-state index contributed by atoms with van der Waals surface area (Å²) >= 11 is 1.49. The zero-order valence-electron chi connectivity index (χ0n) is 16.0. The lowest BCUT2D eigenvalue weighted by Gasteiger charge is -2.27. The molecule has 29 heavy (non-hydrogen) atoms. The number of aliphatic carboxylic acids is 1. The van der Waals surface area contributed by atoms with Crippen molar-refractivity contribution in [1.29, 1.82) is 0 Å². The van der Waals surface area contributed by atoms with Crippen LogP contribution < -0.4 is 0 Å². The van der Waals surface area contributed by atoms with Gasteiger partial charge in [0.25, 0.3) is 0 Å². The Morgan fingerprint density at radius 1 is 1.21 bits per heavy atom. The van der Waals surface area contributed by atoms with Crippen molar-refractivity contribution in [2.75, 3.05) is 26.3 Å². The Morgan fingerprint density at radius 3 is 2.66 bits per heavy atom. The van der Waals surface area contributed by atoms with E-state index in [0.717, 1.165) is 21.5 Å². The largest absolute Gasteiger partial charge is 0.480 e. The number of ether oxygens (including phenoxy) is 1. The van der Waals surface area contributed by atoms with Crippen molar-refractivity contribution in [3.8, 4) is 0 Å². The number of hydrogen-bond donors (Lipinski definition) is 1. The van der Waals surface area contributed by atoms with E-state index >= 15 is 0 Å². The lowest BCUT2D eigenvalue weighted by Crippen LogP contribution is -2.40. The van der Waals surface area contributed by atoms with Crippen LogP contribution in [0.2, 0.25) is 0 Å². The van der Waals surface area contributed by atoms with E-state index in [0.29, 0.717) is 43.2 Å². The van der Waals surface area contributed by atoms with Gasteiger partial charge in [0, 0.05) is 30.6 Å². The molecule has 4 rings (SSSR count). The molecule has 7 nitrogen and oxygen atoms in total. The highest BCUT2D eigenvalue weighted by molar-refractivity contribution is 7.89. The molecule has 3 heterocycles. The first-order valence-electron chi connectivity index (χ1n) is 9.32. The third-order valence-electron chi connectivity index (χ3n) is 5.28. The van der Waals surface area contributed by atoms with E-state index in [2.05, 4.69) is 0 Å². The minimum absolute atomic E-state index is 0.115. The SMILES string of the molecule is Cc1c(Cc2ccccc2S(=O)(=O)N2CCOCC2)c2ccsc2n1CC(=O)O. The van der Waals surface area contributed by atoms with Gasteiger partial charge >= 0.3 is 5.97 Å². The predicted molar refractivity (Wildman–Crippen MR) is 111 cm³/mol. The van der Waals surface area contributed by atoms with Crippen LogP contribution in [0.25, 0.3) is 10.2 Å². The number of carboxylic acids is 1. The van der Waals surface area contributed by atoms with Crippen LogP contribution in [0.5, 0.6) is 0 Å². The van der Waals surface area contributed by atoms with Gasteiger partial charge in [0.05, 0.1) is 18.1 Å². The van der Waals surface area contributed by atoms with Gasteiger partial charge in [-0.3, -0.25) is 4.79 Å². The number of nitrogens with zero attached hydrogens (tertiary/aromatic N) is 2. The number of benzene rings is 1. The molecule has 3 aromatic rings. The molecular formula is C20H22N2O5S2. The third-order valence-corrected chi connectivity index (χ3v) is 8.21. The molecule has 1 aliphatic rings. The molecular weight excluding hydrogens is 412 g/mol. The van der Waals surface area contributed by atoms with E-state index < -0.39 is 16.0 Å². The molecule has 9 heteroatoms. The van der Waals surface area contributed by atoms with Gasteiger partial charge < -0.3 is 14.4 Å². The highest BCUT2D eigenvalue weighted by Gasteiger charge is 2.29. The number of aromatic nitrogens is 1. The molecule has 1 saturated heterocycles. The first kappa shape index (κ1) is 20.1. The molecule has 0 atom stereocenters. The molecule has 0 unspecified atom stereocenters. The fourth-order valence-corrected chi connectivity index (χ4v) is 6.43. The van der Waals surface area contributed by atoms with Crippen molar-refractivity contribution in [2.24, 2.45) is 0 Å². The molecule has 0 amide bonds. The molecule has 0 aliphatic carbocycles. The molecule has 1 aliphatic heterocycles. The lowest BCUT2D eigenvalue weighted by molar-refractivity contribution is -0.137. The molecule has 0 spiro atoms. The highest BCUT2D eigenvalue weighted by Crippen LogP contribution is 2.33. The van der Waals surface area contributed by atoms with E-state index in [4.69, 9.17) is 4.74 Å². The second kappa shape index (κ2) is 7.91. The summed E-state index contributed by atoms with van der Waals surface area (Å²) in [5.41, 5.74) is 2.53. The lowest BCUT2D eigenvalue weighted by atomic mass is 10.0. The quantitative estimate of drug-likeness (QED) is 0.644. The summed E-state index contributed by atoms with van der Waals surface area (Å²) in [6.45, 7) is 3.27. The molecule has 1 fully saturated rings. The Kier molecular flexibility index (Phi) is 5.48. The van der Waals surface area contributed by atoms with Crippen molar-refractivity contribution < 1.29 is 23.1 Å². The number of fused-ring (bicyclic) bond motifs is 1. The zero-order valence-corrected chi connectivity index (χ0v) is 17.6. The van der Waals surface area contributed by atoms with Gasteiger partial charge in [-0.2, -0.15) is 4.31 Å². The summed E-state index contributed by atoms with van der Waals surface area (Å²) in [6, 6.07) is 9.02. The number of thiophene rings is 1. The van der Waals surface area contributed by atoms with Crippen LogP contribution in [0.15, 0.2) is 40.6 Å². The molecule has 154 valence electrons. The smallest absolute Gasteiger partial charge is 0.323 e. The summed E-state index contributed by atoms with van der Waals surface area (Å²) in [4.78, 5) is 12.5. The molecule has 0 radical (unpaired) electrons. The van der Waals surface area contributed by atoms with Gasteiger partial charge in [-0.1, -0.05) is 18.2 Å².